The van der Waals surface area contributed by atoms with E-state index < -0.39 is 5.67 Å². The molecule has 2 saturated heterocycles. The van der Waals surface area contributed by atoms with E-state index in [0.717, 1.165) is 36.4 Å². The fraction of sp³-hybridized carbons (Fsp3) is 0.500. The van der Waals surface area contributed by atoms with Gasteiger partial charge in [-0.25, -0.2) is 9.37 Å². The number of piperidine rings is 1. The summed E-state index contributed by atoms with van der Waals surface area (Å²) < 4.78 is 22.2. The van der Waals surface area contributed by atoms with Crippen molar-refractivity contribution in [3.63, 3.8) is 0 Å². The van der Waals surface area contributed by atoms with Gasteiger partial charge in [-0.3, -0.25) is 9.36 Å². The summed E-state index contributed by atoms with van der Waals surface area (Å²) in [5.41, 5.74) is 0.859. The molecule has 2 fully saturated rings. The SMILES string of the molecule is CC1(F)C=CC=C(n2c(N3CCC(C(=O)NC4CCOC4)CC3)nc3cc(Cl)c(Cl)cc32)C1. The summed E-state index contributed by atoms with van der Waals surface area (Å²) in [5.74, 6) is 0.795. The van der Waals surface area contributed by atoms with Gasteiger partial charge in [-0.05, 0) is 50.5 Å². The summed E-state index contributed by atoms with van der Waals surface area (Å²) >= 11 is 12.6. The standard InChI is InChI=1S/C24H27Cl2FN4O2/c1-24(27)7-2-3-17(13-24)31-21-12-19(26)18(25)11-20(21)29-23(31)30-8-4-15(5-9-30)22(32)28-16-6-10-33-14-16/h2-3,7,11-12,15-16H,4-6,8-10,13-14H2,1H3,(H,28,32). The summed E-state index contributed by atoms with van der Waals surface area (Å²) in [4.78, 5) is 19.7. The quantitative estimate of drug-likeness (QED) is 0.652. The lowest BCUT2D eigenvalue weighted by Gasteiger charge is -2.33. The Morgan fingerprint density at radius 1 is 1.24 bits per heavy atom. The molecule has 2 unspecified atom stereocenters. The van der Waals surface area contributed by atoms with Crippen LogP contribution >= 0.6 is 23.2 Å². The van der Waals surface area contributed by atoms with Crippen molar-refractivity contribution in [1.29, 1.82) is 0 Å². The molecule has 1 amide bonds. The number of carbonyl (C=O) groups is 1. The smallest absolute Gasteiger partial charge is 0.223 e. The third-order valence-corrected chi connectivity index (χ3v) is 7.37. The molecule has 176 valence electrons. The van der Waals surface area contributed by atoms with Gasteiger partial charge in [-0.15, -0.1) is 0 Å². The second kappa shape index (κ2) is 8.93. The molecule has 1 aliphatic carbocycles. The molecule has 1 aromatic carbocycles. The van der Waals surface area contributed by atoms with Gasteiger partial charge < -0.3 is 15.0 Å². The molecule has 6 nitrogen and oxygen atoms in total. The summed E-state index contributed by atoms with van der Waals surface area (Å²) in [7, 11) is 0. The maximum Gasteiger partial charge on any atom is 0.223 e. The number of amides is 1. The lowest BCUT2D eigenvalue weighted by molar-refractivity contribution is -0.126. The Bertz CT molecular complexity index is 1130. The number of rotatable bonds is 4. The monoisotopic (exact) mass is 492 g/mol. The van der Waals surface area contributed by atoms with Crippen molar-refractivity contribution < 1.29 is 13.9 Å². The maximum atomic E-state index is 14.9. The van der Waals surface area contributed by atoms with Crippen LogP contribution in [-0.2, 0) is 9.53 Å². The number of carbonyl (C=O) groups excluding carboxylic acids is 1. The highest BCUT2D eigenvalue weighted by Crippen LogP contribution is 2.38. The number of halogens is 3. The fourth-order valence-corrected chi connectivity index (χ4v) is 5.17. The number of hydrogen-bond acceptors (Lipinski definition) is 4. The molecule has 9 heteroatoms. The molecule has 3 heterocycles. The Labute approximate surface area is 202 Å². The highest BCUT2D eigenvalue weighted by Gasteiger charge is 2.32. The van der Waals surface area contributed by atoms with Crippen molar-refractivity contribution in [3.8, 4) is 0 Å². The Hall–Kier alpha value is -2.09. The van der Waals surface area contributed by atoms with Gasteiger partial charge >= 0.3 is 0 Å². The molecule has 1 aromatic heterocycles. The molecule has 0 bridgehead atoms. The highest BCUT2D eigenvalue weighted by atomic mass is 35.5. The molecule has 0 radical (unpaired) electrons. The van der Waals surface area contributed by atoms with Crippen molar-refractivity contribution >= 4 is 51.8 Å². The molecule has 2 atom stereocenters. The summed E-state index contributed by atoms with van der Waals surface area (Å²) in [6, 6.07) is 3.65. The number of alkyl halides is 1. The second-order valence-electron chi connectivity index (χ2n) is 9.30. The van der Waals surface area contributed by atoms with Crippen molar-refractivity contribution in [2.75, 3.05) is 31.2 Å². The zero-order chi connectivity index (χ0) is 23.2. The molecule has 2 aliphatic heterocycles. The average molecular weight is 493 g/mol. The molecule has 33 heavy (non-hydrogen) atoms. The Morgan fingerprint density at radius 3 is 2.70 bits per heavy atom. The Morgan fingerprint density at radius 2 is 2.00 bits per heavy atom. The van der Waals surface area contributed by atoms with Crippen LogP contribution in [0.15, 0.2) is 30.4 Å². The number of imidazole rings is 1. The normalized spacial score (nSPS) is 26.1. The molecule has 1 N–H and O–H groups in total. The minimum atomic E-state index is -1.44. The van der Waals surface area contributed by atoms with Crippen LogP contribution in [0, 0.1) is 5.92 Å². The first-order chi connectivity index (χ1) is 15.8. The first-order valence-corrected chi connectivity index (χ1v) is 12.1. The Balaban J connectivity index is 1.42. The van der Waals surface area contributed by atoms with E-state index in [-0.39, 0.29) is 24.3 Å². The highest BCUT2D eigenvalue weighted by molar-refractivity contribution is 6.42. The van der Waals surface area contributed by atoms with Gasteiger partial charge in [-0.2, -0.15) is 0 Å². The van der Waals surface area contributed by atoms with Gasteiger partial charge in [0.2, 0.25) is 11.9 Å². The number of benzene rings is 1. The first kappa shape index (κ1) is 22.7. The largest absolute Gasteiger partial charge is 0.379 e. The lowest BCUT2D eigenvalue weighted by atomic mass is 9.95. The zero-order valence-electron chi connectivity index (χ0n) is 18.5. The fourth-order valence-electron chi connectivity index (χ4n) is 4.85. The maximum absolute atomic E-state index is 14.9. The van der Waals surface area contributed by atoms with Gasteiger partial charge in [-0.1, -0.05) is 29.3 Å². The van der Waals surface area contributed by atoms with Crippen LogP contribution < -0.4 is 10.2 Å². The number of hydrogen-bond donors (Lipinski definition) is 1. The van der Waals surface area contributed by atoms with Crippen molar-refractivity contribution in [1.82, 2.24) is 14.9 Å². The van der Waals surface area contributed by atoms with E-state index >= 15 is 0 Å². The topological polar surface area (TPSA) is 59.4 Å². The number of fused-ring (bicyclic) bond motifs is 1. The third-order valence-electron chi connectivity index (χ3n) is 6.65. The first-order valence-electron chi connectivity index (χ1n) is 11.4. The molecular weight excluding hydrogens is 466 g/mol. The molecule has 0 saturated carbocycles. The number of anilines is 1. The number of nitrogens with zero attached hydrogens (tertiary/aromatic N) is 3. The van der Waals surface area contributed by atoms with E-state index in [2.05, 4.69) is 10.2 Å². The number of ether oxygens (including phenoxy) is 1. The summed E-state index contributed by atoms with van der Waals surface area (Å²) in [6.07, 6.45) is 7.78. The predicted octanol–water partition coefficient (Wildman–Crippen LogP) is 4.99. The van der Waals surface area contributed by atoms with Crippen molar-refractivity contribution in [3.05, 3.63) is 40.4 Å². The second-order valence-corrected chi connectivity index (χ2v) is 10.1. The van der Waals surface area contributed by atoms with E-state index in [1.54, 1.807) is 31.2 Å². The van der Waals surface area contributed by atoms with Crippen LogP contribution in [0.25, 0.3) is 16.7 Å². The van der Waals surface area contributed by atoms with Crippen molar-refractivity contribution in [2.24, 2.45) is 5.92 Å². The predicted molar refractivity (Wildman–Crippen MR) is 130 cm³/mol. The molecule has 0 spiro atoms. The molecule has 2 aromatic rings. The van der Waals surface area contributed by atoms with Crippen LogP contribution in [0.1, 0.15) is 32.6 Å². The zero-order valence-corrected chi connectivity index (χ0v) is 20.0. The Kier molecular flexibility index (Phi) is 6.14. The van der Waals surface area contributed by atoms with Gasteiger partial charge in [0.15, 0.2) is 0 Å². The van der Waals surface area contributed by atoms with Crippen LogP contribution in [0.5, 0.6) is 0 Å². The van der Waals surface area contributed by atoms with E-state index in [1.807, 2.05) is 10.6 Å². The minimum Gasteiger partial charge on any atom is -0.379 e. The molecular formula is C24H27Cl2FN4O2. The molecule has 3 aliphatic rings. The number of aromatic nitrogens is 2. The summed E-state index contributed by atoms with van der Waals surface area (Å²) in [6.45, 7) is 4.23. The van der Waals surface area contributed by atoms with E-state index in [4.69, 9.17) is 32.9 Å². The number of nitrogens with one attached hydrogen (secondary N) is 1. The van der Waals surface area contributed by atoms with E-state index in [0.29, 0.717) is 41.9 Å². The van der Waals surface area contributed by atoms with Crippen LogP contribution in [0.3, 0.4) is 0 Å². The van der Waals surface area contributed by atoms with E-state index in [1.165, 1.54) is 0 Å². The summed E-state index contributed by atoms with van der Waals surface area (Å²) in [5, 5.41) is 3.98. The van der Waals surface area contributed by atoms with Gasteiger partial charge in [0.1, 0.15) is 5.67 Å². The van der Waals surface area contributed by atoms with Gasteiger partial charge in [0, 0.05) is 37.7 Å². The van der Waals surface area contributed by atoms with E-state index in [9.17, 15) is 9.18 Å². The van der Waals surface area contributed by atoms with Crippen LogP contribution in [0.2, 0.25) is 10.0 Å². The number of allylic oxidation sites excluding steroid dienone is 4. The third kappa shape index (κ3) is 4.63. The van der Waals surface area contributed by atoms with Gasteiger partial charge in [0.25, 0.3) is 0 Å². The minimum absolute atomic E-state index is 0.0328. The van der Waals surface area contributed by atoms with Crippen molar-refractivity contribution in [2.45, 2.75) is 44.3 Å². The van der Waals surface area contributed by atoms with Crippen LogP contribution in [-0.4, -0.2) is 53.5 Å². The van der Waals surface area contributed by atoms with Gasteiger partial charge in [0.05, 0.1) is 33.7 Å². The average Bonchev–Trinajstić information content (AvgIpc) is 3.41. The van der Waals surface area contributed by atoms with Crippen LogP contribution in [0.4, 0.5) is 10.3 Å². The lowest BCUT2D eigenvalue weighted by Crippen LogP contribution is -2.44. The molecule has 5 rings (SSSR count).